The van der Waals surface area contributed by atoms with Crippen molar-refractivity contribution in [3.05, 3.63) is 82.8 Å². The number of hydrazone groups is 1. The summed E-state index contributed by atoms with van der Waals surface area (Å²) in [6.07, 6.45) is 0.680. The smallest absolute Gasteiger partial charge is 0.307 e. The summed E-state index contributed by atoms with van der Waals surface area (Å²) in [5.41, 5.74) is 5.43. The summed E-state index contributed by atoms with van der Waals surface area (Å²) in [5.74, 6) is -0.108. The van der Waals surface area contributed by atoms with Gasteiger partial charge >= 0.3 is 5.91 Å². The van der Waals surface area contributed by atoms with Gasteiger partial charge in [-0.25, -0.2) is 5.43 Å². The number of aryl methyl sites for hydroxylation is 1. The summed E-state index contributed by atoms with van der Waals surface area (Å²) in [7, 11) is 0. The van der Waals surface area contributed by atoms with Crippen LogP contribution in [0.3, 0.4) is 0 Å². The number of halogens is 1. The maximum Gasteiger partial charge on any atom is 0.307 e. The number of hydrogen-bond donors (Lipinski definition) is 2. The van der Waals surface area contributed by atoms with E-state index in [-0.39, 0.29) is 11.7 Å². The number of hydrogen-bond acceptors (Lipinski definition) is 5. The van der Waals surface area contributed by atoms with Crippen molar-refractivity contribution in [2.24, 2.45) is 5.10 Å². The Bertz CT molecular complexity index is 1090. The highest BCUT2D eigenvalue weighted by atomic mass is 35.5. The molecular weight excluding hydrogens is 418 g/mol. The minimum atomic E-state index is -0.736. The van der Waals surface area contributed by atoms with Gasteiger partial charge in [0.25, 0.3) is 5.91 Å². The average Bonchev–Trinajstić information content (AvgIpc) is 3.29. The summed E-state index contributed by atoms with van der Waals surface area (Å²) >= 11 is 6.16. The molecule has 2 N–H and O–H groups in total. The van der Waals surface area contributed by atoms with E-state index in [4.69, 9.17) is 20.8 Å². The number of anilines is 1. The molecule has 0 aliphatic carbocycles. The van der Waals surface area contributed by atoms with E-state index in [1.165, 1.54) is 6.26 Å². The number of ether oxygens (including phenoxy) is 1. The van der Waals surface area contributed by atoms with Gasteiger partial charge in [-0.15, -0.1) is 0 Å². The number of amides is 2. The molecule has 31 heavy (non-hydrogen) atoms. The lowest BCUT2D eigenvalue weighted by Crippen LogP contribution is -2.30. The summed E-state index contributed by atoms with van der Waals surface area (Å²) < 4.78 is 10.7. The van der Waals surface area contributed by atoms with Crippen LogP contribution < -0.4 is 15.5 Å². The number of rotatable bonds is 7. The standard InChI is InChI=1S/C23H22ClN3O4/c1-14-6-11-20(19(24)13-14)31-16(3)22(28)25-18-9-7-17(8-10-18)15(2)26-27-23(29)21-5-4-12-30-21/h4-13,16H,1-3H3,(H,25,28)(H,27,29)/b26-15-/t16-/m0/s1. The van der Waals surface area contributed by atoms with Gasteiger partial charge in [0.15, 0.2) is 11.9 Å². The van der Waals surface area contributed by atoms with Gasteiger partial charge in [0.1, 0.15) is 5.75 Å². The monoisotopic (exact) mass is 439 g/mol. The Morgan fingerprint density at radius 2 is 1.87 bits per heavy atom. The summed E-state index contributed by atoms with van der Waals surface area (Å²) in [6, 6.07) is 15.6. The van der Waals surface area contributed by atoms with Crippen LogP contribution in [-0.4, -0.2) is 23.6 Å². The fourth-order valence-corrected chi connectivity index (χ4v) is 2.93. The van der Waals surface area contributed by atoms with Gasteiger partial charge in [-0.2, -0.15) is 5.10 Å². The molecule has 0 spiro atoms. The van der Waals surface area contributed by atoms with Crippen LogP contribution >= 0.6 is 11.6 Å². The molecule has 0 bridgehead atoms. The van der Waals surface area contributed by atoms with Crippen molar-refractivity contribution in [1.29, 1.82) is 0 Å². The average molecular weight is 440 g/mol. The van der Waals surface area contributed by atoms with Crippen molar-refractivity contribution in [1.82, 2.24) is 5.43 Å². The minimum Gasteiger partial charge on any atom is -0.479 e. The molecule has 1 aromatic heterocycles. The van der Waals surface area contributed by atoms with E-state index >= 15 is 0 Å². The number of furan rings is 1. The molecule has 2 amide bonds. The van der Waals surface area contributed by atoms with Crippen LogP contribution in [-0.2, 0) is 4.79 Å². The quantitative estimate of drug-likeness (QED) is 0.408. The van der Waals surface area contributed by atoms with E-state index in [1.807, 2.05) is 13.0 Å². The highest BCUT2D eigenvalue weighted by molar-refractivity contribution is 6.32. The fourth-order valence-electron chi connectivity index (χ4n) is 2.65. The van der Waals surface area contributed by atoms with Crippen molar-refractivity contribution in [2.75, 3.05) is 5.32 Å². The zero-order chi connectivity index (χ0) is 22.4. The van der Waals surface area contributed by atoms with Gasteiger partial charge < -0.3 is 14.5 Å². The van der Waals surface area contributed by atoms with Crippen molar-refractivity contribution in [3.8, 4) is 5.75 Å². The molecule has 0 fully saturated rings. The first-order valence-electron chi connectivity index (χ1n) is 9.55. The maximum atomic E-state index is 12.4. The lowest BCUT2D eigenvalue weighted by atomic mass is 10.1. The highest BCUT2D eigenvalue weighted by Gasteiger charge is 2.16. The molecule has 8 heteroatoms. The van der Waals surface area contributed by atoms with Gasteiger partial charge in [-0.1, -0.05) is 29.8 Å². The molecule has 3 rings (SSSR count). The first-order valence-corrected chi connectivity index (χ1v) is 9.93. The Kier molecular flexibility index (Phi) is 7.10. The van der Waals surface area contributed by atoms with Crippen LogP contribution in [0.25, 0.3) is 0 Å². The second kappa shape index (κ2) is 9.95. The van der Waals surface area contributed by atoms with Crippen LogP contribution in [0, 0.1) is 6.92 Å². The van der Waals surface area contributed by atoms with Gasteiger partial charge in [0.2, 0.25) is 0 Å². The normalized spacial score (nSPS) is 12.2. The third-order valence-corrected chi connectivity index (χ3v) is 4.70. The van der Waals surface area contributed by atoms with E-state index in [9.17, 15) is 9.59 Å². The van der Waals surface area contributed by atoms with Crippen LogP contribution in [0.1, 0.15) is 35.5 Å². The van der Waals surface area contributed by atoms with Gasteiger partial charge in [0.05, 0.1) is 17.0 Å². The fraction of sp³-hybridized carbons (Fsp3) is 0.174. The van der Waals surface area contributed by atoms with Crippen molar-refractivity contribution >= 4 is 34.8 Å². The van der Waals surface area contributed by atoms with Crippen LogP contribution in [0.2, 0.25) is 5.02 Å². The molecule has 0 unspecified atom stereocenters. The molecule has 3 aromatic rings. The first kappa shape index (κ1) is 22.1. The van der Waals surface area contributed by atoms with Crippen LogP contribution in [0.5, 0.6) is 5.75 Å². The van der Waals surface area contributed by atoms with E-state index < -0.39 is 12.0 Å². The second-order valence-electron chi connectivity index (χ2n) is 6.88. The third kappa shape index (κ3) is 5.96. The Labute approximate surface area is 185 Å². The van der Waals surface area contributed by atoms with Gasteiger partial charge in [-0.05, 0) is 68.3 Å². The number of nitrogens with zero attached hydrogens (tertiary/aromatic N) is 1. The predicted molar refractivity (Wildman–Crippen MR) is 120 cm³/mol. The lowest BCUT2D eigenvalue weighted by Gasteiger charge is -2.16. The molecule has 1 heterocycles. The maximum absolute atomic E-state index is 12.4. The molecule has 0 aliphatic heterocycles. The molecule has 0 aliphatic rings. The van der Waals surface area contributed by atoms with Crippen molar-refractivity contribution in [3.63, 3.8) is 0 Å². The summed E-state index contributed by atoms with van der Waals surface area (Å²) in [6.45, 7) is 5.34. The first-order chi connectivity index (χ1) is 14.8. The summed E-state index contributed by atoms with van der Waals surface area (Å²) in [4.78, 5) is 24.3. The SMILES string of the molecule is C/C(=N/NC(=O)c1ccco1)c1ccc(NC(=O)[C@H](C)Oc2ccc(C)cc2Cl)cc1. The molecule has 0 radical (unpaired) electrons. The Balaban J connectivity index is 1.57. The van der Waals surface area contributed by atoms with E-state index in [1.54, 1.807) is 62.4 Å². The van der Waals surface area contributed by atoms with Crippen LogP contribution in [0.4, 0.5) is 5.69 Å². The van der Waals surface area contributed by atoms with Crippen LogP contribution in [0.15, 0.2) is 70.4 Å². The zero-order valence-corrected chi connectivity index (χ0v) is 18.1. The van der Waals surface area contributed by atoms with Gasteiger partial charge in [0, 0.05) is 5.69 Å². The van der Waals surface area contributed by atoms with Gasteiger partial charge in [-0.3, -0.25) is 9.59 Å². The van der Waals surface area contributed by atoms with Crippen molar-refractivity contribution < 1.29 is 18.7 Å². The Hall–Kier alpha value is -3.58. The van der Waals surface area contributed by atoms with E-state index in [2.05, 4.69) is 15.8 Å². The molecular formula is C23H22ClN3O4. The number of benzene rings is 2. The topological polar surface area (TPSA) is 92.9 Å². The lowest BCUT2D eigenvalue weighted by molar-refractivity contribution is -0.122. The number of nitrogens with one attached hydrogen (secondary N) is 2. The number of carbonyl (C=O) groups excluding carboxylic acids is 2. The zero-order valence-electron chi connectivity index (χ0n) is 17.3. The molecule has 2 aromatic carbocycles. The predicted octanol–water partition coefficient (Wildman–Crippen LogP) is 4.80. The molecule has 160 valence electrons. The number of carbonyl (C=O) groups is 2. The Morgan fingerprint density at radius 3 is 2.52 bits per heavy atom. The van der Waals surface area contributed by atoms with Crippen molar-refractivity contribution in [2.45, 2.75) is 26.9 Å². The molecule has 0 saturated carbocycles. The minimum absolute atomic E-state index is 0.179. The Morgan fingerprint density at radius 1 is 1.13 bits per heavy atom. The largest absolute Gasteiger partial charge is 0.479 e. The molecule has 7 nitrogen and oxygen atoms in total. The third-order valence-electron chi connectivity index (χ3n) is 4.40. The molecule has 0 saturated heterocycles. The summed E-state index contributed by atoms with van der Waals surface area (Å²) in [5, 5.41) is 7.32. The molecule has 1 atom stereocenters. The van der Waals surface area contributed by atoms with E-state index in [0.717, 1.165) is 11.1 Å². The van der Waals surface area contributed by atoms with E-state index in [0.29, 0.717) is 22.2 Å². The highest BCUT2D eigenvalue weighted by Crippen LogP contribution is 2.26. The second-order valence-corrected chi connectivity index (χ2v) is 7.28.